The van der Waals surface area contributed by atoms with E-state index in [4.69, 9.17) is 14.7 Å². The van der Waals surface area contributed by atoms with E-state index >= 15 is 0 Å². The van der Waals surface area contributed by atoms with Gasteiger partial charge in [-0.25, -0.2) is 5.48 Å². The minimum absolute atomic E-state index is 0.103. The topological polar surface area (TPSA) is 101 Å². The Bertz CT molecular complexity index is 1230. The maximum atomic E-state index is 13.1. The fraction of sp³-hybridized carbons (Fsp3) is 0.370. The van der Waals surface area contributed by atoms with Gasteiger partial charge in [0.1, 0.15) is 24.1 Å². The van der Waals surface area contributed by atoms with E-state index in [1.54, 1.807) is 17.5 Å². The summed E-state index contributed by atoms with van der Waals surface area (Å²) in [5.74, 6) is 0.355. The van der Waals surface area contributed by atoms with Crippen LogP contribution < -0.4 is 15.0 Å². The zero-order valence-electron chi connectivity index (χ0n) is 20.4. The lowest BCUT2D eigenvalue weighted by molar-refractivity contribution is -0.144. The Hall–Kier alpha value is -3.65. The normalized spacial score (nSPS) is 16.6. The molecule has 2 amide bonds. The molecule has 2 unspecified atom stereocenters. The number of hydroxylamine groups is 1. The van der Waals surface area contributed by atoms with E-state index in [9.17, 15) is 9.59 Å². The zero-order valence-corrected chi connectivity index (χ0v) is 20.4. The fourth-order valence-electron chi connectivity index (χ4n) is 4.78. The summed E-state index contributed by atoms with van der Waals surface area (Å²) >= 11 is 0. The van der Waals surface area contributed by atoms with Gasteiger partial charge in [-0.05, 0) is 61.2 Å². The number of rotatable bonds is 8. The van der Waals surface area contributed by atoms with Crippen molar-refractivity contribution in [3.05, 3.63) is 65.4 Å². The van der Waals surface area contributed by atoms with Crippen LogP contribution in [0.3, 0.4) is 0 Å². The van der Waals surface area contributed by atoms with Crippen molar-refractivity contribution in [1.82, 2.24) is 15.4 Å². The van der Waals surface area contributed by atoms with Crippen molar-refractivity contribution in [2.45, 2.75) is 45.8 Å². The average molecular weight is 478 g/mol. The van der Waals surface area contributed by atoms with Gasteiger partial charge in [0, 0.05) is 23.2 Å². The number of benzene rings is 2. The monoisotopic (exact) mass is 477 g/mol. The van der Waals surface area contributed by atoms with Crippen molar-refractivity contribution in [1.29, 1.82) is 0 Å². The minimum atomic E-state index is -0.697. The quantitative estimate of drug-likeness (QED) is 0.376. The van der Waals surface area contributed by atoms with E-state index in [1.807, 2.05) is 69.3 Å². The number of amides is 2. The molecular formula is C27H31N3O5. The number of hydrogen-bond acceptors (Lipinski definition) is 6. The van der Waals surface area contributed by atoms with Gasteiger partial charge in [0.05, 0.1) is 18.5 Å². The largest absolute Gasteiger partial charge is 0.497 e. The molecule has 1 aromatic heterocycles. The van der Waals surface area contributed by atoms with E-state index < -0.39 is 11.9 Å². The molecule has 8 nitrogen and oxygen atoms in total. The number of nitrogens with one attached hydrogen (secondary N) is 1. The second-order valence-corrected chi connectivity index (χ2v) is 9.20. The van der Waals surface area contributed by atoms with Gasteiger partial charge in [0.2, 0.25) is 5.91 Å². The molecule has 1 aliphatic heterocycles. The Morgan fingerprint density at radius 1 is 1.17 bits per heavy atom. The maximum Gasteiger partial charge on any atom is 0.266 e. The summed E-state index contributed by atoms with van der Waals surface area (Å²) in [6, 6.07) is 14.6. The summed E-state index contributed by atoms with van der Waals surface area (Å²) in [6.07, 6.45) is 0.616. The smallest absolute Gasteiger partial charge is 0.266 e. The number of carbonyl (C=O) groups excluding carboxylic acids is 2. The predicted molar refractivity (Wildman–Crippen MR) is 131 cm³/mol. The average Bonchev–Trinajstić information content (AvgIpc) is 3.22. The molecule has 0 aliphatic carbocycles. The minimum Gasteiger partial charge on any atom is -0.497 e. The van der Waals surface area contributed by atoms with Gasteiger partial charge in [-0.2, -0.15) is 0 Å². The lowest BCUT2D eigenvalue weighted by atomic mass is 9.97. The van der Waals surface area contributed by atoms with Crippen molar-refractivity contribution in [3.8, 4) is 11.5 Å². The number of likely N-dealkylation sites (tertiary alicyclic amines) is 1. The molecular weight excluding hydrogens is 446 g/mol. The van der Waals surface area contributed by atoms with Gasteiger partial charge in [0.25, 0.3) is 5.91 Å². The molecule has 1 aliphatic rings. The molecule has 0 bridgehead atoms. The molecule has 2 heterocycles. The van der Waals surface area contributed by atoms with Gasteiger partial charge in [0.15, 0.2) is 0 Å². The van der Waals surface area contributed by atoms with E-state index in [1.165, 1.54) is 0 Å². The molecule has 0 saturated carbocycles. The van der Waals surface area contributed by atoms with Crippen LogP contribution >= 0.6 is 0 Å². The van der Waals surface area contributed by atoms with Gasteiger partial charge in [-0.15, -0.1) is 0 Å². The molecule has 1 saturated heterocycles. The van der Waals surface area contributed by atoms with Crippen LogP contribution in [-0.4, -0.2) is 46.6 Å². The number of ether oxygens (including phenoxy) is 2. The molecule has 3 aromatic rings. The van der Waals surface area contributed by atoms with E-state index in [2.05, 4.69) is 4.98 Å². The van der Waals surface area contributed by atoms with Crippen LogP contribution in [0.25, 0.3) is 10.9 Å². The Balaban J connectivity index is 1.47. The molecule has 2 N–H and O–H groups in total. The van der Waals surface area contributed by atoms with Crippen LogP contribution in [0.15, 0.2) is 48.5 Å². The van der Waals surface area contributed by atoms with Gasteiger partial charge in [-0.3, -0.25) is 19.8 Å². The lowest BCUT2D eigenvalue weighted by Gasteiger charge is -2.29. The first kappa shape index (κ1) is 24.5. The Morgan fingerprint density at radius 3 is 2.54 bits per heavy atom. The number of hydrogen-bond donors (Lipinski definition) is 2. The van der Waals surface area contributed by atoms with Crippen molar-refractivity contribution in [2.24, 2.45) is 5.92 Å². The highest BCUT2D eigenvalue weighted by atomic mass is 16.5. The highest BCUT2D eigenvalue weighted by Gasteiger charge is 2.40. The first-order valence-corrected chi connectivity index (χ1v) is 11.7. The van der Waals surface area contributed by atoms with Gasteiger partial charge < -0.3 is 14.4 Å². The van der Waals surface area contributed by atoms with Crippen LogP contribution in [0.1, 0.15) is 43.0 Å². The molecule has 8 heteroatoms. The number of methoxy groups -OCH3 is 1. The number of nitrogens with zero attached hydrogens (tertiary/aromatic N) is 2. The standard InChI is InChI=1S/C27H31N3O5/c1-16(2)25(26(31)29-33)30-12-11-22(27(30)32)18-5-7-20(8-6-18)35-15-19-13-17(3)28-24-10-9-21(34-4)14-23(19)24/h5-10,13-14,16,22,25,33H,11-12,15H2,1-4H3,(H,29,31). The first-order chi connectivity index (χ1) is 16.8. The van der Waals surface area contributed by atoms with Gasteiger partial charge >= 0.3 is 0 Å². The third kappa shape index (κ3) is 5.07. The second-order valence-electron chi connectivity index (χ2n) is 9.20. The Labute approximate surface area is 204 Å². The molecule has 184 valence electrons. The number of pyridine rings is 1. The Morgan fingerprint density at radius 2 is 1.89 bits per heavy atom. The van der Waals surface area contributed by atoms with Crippen molar-refractivity contribution in [3.63, 3.8) is 0 Å². The molecule has 2 atom stereocenters. The molecule has 2 aromatic carbocycles. The highest BCUT2D eigenvalue weighted by Crippen LogP contribution is 2.33. The number of carbonyl (C=O) groups is 2. The van der Waals surface area contributed by atoms with Gasteiger partial charge in [-0.1, -0.05) is 26.0 Å². The molecule has 4 rings (SSSR count). The SMILES string of the molecule is COc1ccc2nc(C)cc(COc3ccc(C4CCN(C(C(=O)NO)C(C)C)C4=O)cc3)c2c1. The van der Waals surface area contributed by atoms with Crippen LogP contribution in [0.5, 0.6) is 11.5 Å². The van der Waals surface area contributed by atoms with Crippen molar-refractivity contribution < 1.29 is 24.3 Å². The molecule has 0 radical (unpaired) electrons. The number of fused-ring (bicyclic) bond motifs is 1. The molecule has 35 heavy (non-hydrogen) atoms. The van der Waals surface area contributed by atoms with Crippen molar-refractivity contribution >= 4 is 22.7 Å². The molecule has 1 fully saturated rings. The third-order valence-electron chi connectivity index (χ3n) is 6.49. The Kier molecular flexibility index (Phi) is 7.21. The van der Waals surface area contributed by atoms with Crippen LogP contribution in [0.4, 0.5) is 0 Å². The number of aryl methyl sites for hydroxylation is 1. The molecule has 0 spiro atoms. The summed E-state index contributed by atoms with van der Waals surface area (Å²) in [5.41, 5.74) is 5.39. The van der Waals surface area contributed by atoms with Crippen molar-refractivity contribution in [2.75, 3.05) is 13.7 Å². The lowest BCUT2D eigenvalue weighted by Crippen LogP contribution is -2.50. The summed E-state index contributed by atoms with van der Waals surface area (Å²) in [4.78, 5) is 31.4. The van der Waals surface area contributed by atoms with E-state index in [0.29, 0.717) is 25.3 Å². The zero-order chi connectivity index (χ0) is 25.1. The van der Waals surface area contributed by atoms with E-state index in [-0.39, 0.29) is 17.7 Å². The summed E-state index contributed by atoms with van der Waals surface area (Å²) in [6.45, 7) is 6.51. The predicted octanol–water partition coefficient (Wildman–Crippen LogP) is 3.98. The summed E-state index contributed by atoms with van der Waals surface area (Å²) in [5, 5.41) is 10.1. The van der Waals surface area contributed by atoms with Crippen LogP contribution in [0.2, 0.25) is 0 Å². The van der Waals surface area contributed by atoms with E-state index in [0.717, 1.165) is 33.5 Å². The van der Waals surface area contributed by atoms with Crippen LogP contribution in [0, 0.1) is 12.8 Å². The number of aromatic nitrogens is 1. The highest BCUT2D eigenvalue weighted by molar-refractivity contribution is 5.92. The van der Waals surface area contributed by atoms with Crippen LogP contribution in [-0.2, 0) is 16.2 Å². The summed E-state index contributed by atoms with van der Waals surface area (Å²) in [7, 11) is 1.64. The fourth-order valence-corrected chi connectivity index (χ4v) is 4.78. The third-order valence-corrected chi connectivity index (χ3v) is 6.49. The maximum absolute atomic E-state index is 13.1. The summed E-state index contributed by atoms with van der Waals surface area (Å²) < 4.78 is 11.4. The second kappa shape index (κ2) is 10.3. The first-order valence-electron chi connectivity index (χ1n) is 11.7.